The molecule has 1 aliphatic heterocycles. The van der Waals surface area contributed by atoms with Crippen LogP contribution in [0.3, 0.4) is 0 Å². The van der Waals surface area contributed by atoms with Crippen LogP contribution in [0, 0.1) is 0 Å². The molecule has 0 aromatic heterocycles. The van der Waals surface area contributed by atoms with E-state index in [1.54, 1.807) is 0 Å². The van der Waals surface area contributed by atoms with E-state index >= 15 is 0 Å². The van der Waals surface area contributed by atoms with Crippen LogP contribution in [-0.2, 0) is 14.2 Å². The Labute approximate surface area is 80.4 Å². The molecule has 0 N–H and O–H groups in total. The number of hydrogen-bond donors (Lipinski definition) is 0. The monoisotopic (exact) mass is 188 g/mol. The summed E-state index contributed by atoms with van der Waals surface area (Å²) in [6.07, 6.45) is 1.29. The quantitative estimate of drug-likeness (QED) is 0.593. The maximum absolute atomic E-state index is 5.67. The molecular formula is C10H20O3. The van der Waals surface area contributed by atoms with Crippen LogP contribution in [0.4, 0.5) is 0 Å². The molecule has 0 amide bonds. The standard InChI is InChI=1S/C10H20O3/c1-4-5-11-6-7-13-10(3)8-12-9(10)2/h9H,4-8H2,1-3H3. The highest BCUT2D eigenvalue weighted by Gasteiger charge is 2.42. The number of hydrogen-bond acceptors (Lipinski definition) is 3. The number of rotatable bonds is 6. The summed E-state index contributed by atoms with van der Waals surface area (Å²) in [5.41, 5.74) is -0.0738. The van der Waals surface area contributed by atoms with Gasteiger partial charge < -0.3 is 14.2 Å². The molecule has 2 atom stereocenters. The van der Waals surface area contributed by atoms with E-state index in [2.05, 4.69) is 13.8 Å². The molecule has 1 heterocycles. The molecule has 0 aliphatic carbocycles. The van der Waals surface area contributed by atoms with Gasteiger partial charge in [0.1, 0.15) is 5.60 Å². The van der Waals surface area contributed by atoms with Gasteiger partial charge in [-0.25, -0.2) is 0 Å². The van der Waals surface area contributed by atoms with Gasteiger partial charge in [0, 0.05) is 6.61 Å². The Morgan fingerprint density at radius 1 is 1.38 bits per heavy atom. The zero-order valence-corrected chi connectivity index (χ0v) is 8.84. The Morgan fingerprint density at radius 3 is 2.62 bits per heavy atom. The SMILES string of the molecule is CCCOCCOC1(C)COC1C. The second-order valence-corrected chi connectivity index (χ2v) is 3.73. The Morgan fingerprint density at radius 2 is 2.15 bits per heavy atom. The summed E-state index contributed by atoms with van der Waals surface area (Å²) in [4.78, 5) is 0. The van der Waals surface area contributed by atoms with Crippen molar-refractivity contribution in [3.05, 3.63) is 0 Å². The maximum Gasteiger partial charge on any atom is 0.114 e. The molecule has 1 rings (SSSR count). The first-order valence-corrected chi connectivity index (χ1v) is 5.02. The summed E-state index contributed by atoms with van der Waals surface area (Å²) in [7, 11) is 0. The lowest BCUT2D eigenvalue weighted by Crippen LogP contribution is -2.56. The first-order valence-electron chi connectivity index (χ1n) is 5.02. The van der Waals surface area contributed by atoms with Gasteiger partial charge in [-0.1, -0.05) is 6.92 Å². The molecule has 1 saturated heterocycles. The second-order valence-electron chi connectivity index (χ2n) is 3.73. The lowest BCUT2D eigenvalue weighted by molar-refractivity contribution is -0.248. The van der Waals surface area contributed by atoms with Gasteiger partial charge in [-0.2, -0.15) is 0 Å². The van der Waals surface area contributed by atoms with Gasteiger partial charge in [0.15, 0.2) is 0 Å². The molecule has 0 bridgehead atoms. The molecule has 2 unspecified atom stereocenters. The van der Waals surface area contributed by atoms with Crippen molar-refractivity contribution >= 4 is 0 Å². The van der Waals surface area contributed by atoms with Gasteiger partial charge in [0.2, 0.25) is 0 Å². The molecule has 1 aliphatic rings. The van der Waals surface area contributed by atoms with Crippen LogP contribution in [-0.4, -0.2) is 38.1 Å². The van der Waals surface area contributed by atoms with Gasteiger partial charge in [-0.3, -0.25) is 0 Å². The maximum atomic E-state index is 5.67. The molecule has 0 aromatic rings. The van der Waals surface area contributed by atoms with Crippen LogP contribution in [0.15, 0.2) is 0 Å². The summed E-state index contributed by atoms with van der Waals surface area (Å²) in [5.74, 6) is 0. The third kappa shape index (κ3) is 2.93. The van der Waals surface area contributed by atoms with Crippen molar-refractivity contribution in [2.24, 2.45) is 0 Å². The zero-order valence-electron chi connectivity index (χ0n) is 8.84. The molecule has 1 fully saturated rings. The summed E-state index contributed by atoms with van der Waals surface area (Å²) >= 11 is 0. The second kappa shape index (κ2) is 4.94. The summed E-state index contributed by atoms with van der Waals surface area (Å²) < 4.78 is 16.2. The van der Waals surface area contributed by atoms with Crippen molar-refractivity contribution in [2.75, 3.05) is 26.4 Å². The summed E-state index contributed by atoms with van der Waals surface area (Å²) in [6.45, 7) is 9.12. The minimum atomic E-state index is -0.0738. The van der Waals surface area contributed by atoms with Gasteiger partial charge in [-0.15, -0.1) is 0 Å². The van der Waals surface area contributed by atoms with Crippen LogP contribution >= 0.6 is 0 Å². The van der Waals surface area contributed by atoms with Crippen molar-refractivity contribution in [2.45, 2.75) is 38.9 Å². The van der Waals surface area contributed by atoms with Crippen molar-refractivity contribution in [1.82, 2.24) is 0 Å². The average molecular weight is 188 g/mol. The first kappa shape index (κ1) is 11.0. The third-order valence-electron chi connectivity index (χ3n) is 2.49. The van der Waals surface area contributed by atoms with Crippen molar-refractivity contribution < 1.29 is 14.2 Å². The normalized spacial score (nSPS) is 33.0. The van der Waals surface area contributed by atoms with E-state index in [4.69, 9.17) is 14.2 Å². The van der Waals surface area contributed by atoms with Crippen LogP contribution in [0.25, 0.3) is 0 Å². The van der Waals surface area contributed by atoms with Gasteiger partial charge >= 0.3 is 0 Å². The Hall–Kier alpha value is -0.120. The molecule has 13 heavy (non-hydrogen) atoms. The average Bonchev–Trinajstić information content (AvgIpc) is 2.15. The van der Waals surface area contributed by atoms with E-state index in [0.29, 0.717) is 19.8 Å². The van der Waals surface area contributed by atoms with Crippen molar-refractivity contribution in [3.8, 4) is 0 Å². The fourth-order valence-corrected chi connectivity index (χ4v) is 1.22. The lowest BCUT2D eigenvalue weighted by Gasteiger charge is -2.44. The van der Waals surface area contributed by atoms with E-state index in [1.165, 1.54) is 0 Å². The smallest absolute Gasteiger partial charge is 0.114 e. The van der Waals surface area contributed by atoms with E-state index < -0.39 is 0 Å². The van der Waals surface area contributed by atoms with Crippen molar-refractivity contribution in [3.63, 3.8) is 0 Å². The molecule has 0 radical (unpaired) electrons. The van der Waals surface area contributed by atoms with Crippen LogP contribution in [0.2, 0.25) is 0 Å². The number of ether oxygens (including phenoxy) is 3. The Kier molecular flexibility index (Phi) is 4.16. The molecule has 0 saturated carbocycles. The van der Waals surface area contributed by atoms with Crippen LogP contribution < -0.4 is 0 Å². The van der Waals surface area contributed by atoms with Gasteiger partial charge in [0.05, 0.1) is 25.9 Å². The largest absolute Gasteiger partial charge is 0.379 e. The van der Waals surface area contributed by atoms with E-state index in [1.807, 2.05) is 6.92 Å². The Balaban J connectivity index is 1.99. The molecule has 3 nitrogen and oxygen atoms in total. The zero-order chi connectivity index (χ0) is 9.73. The third-order valence-corrected chi connectivity index (χ3v) is 2.49. The van der Waals surface area contributed by atoms with Gasteiger partial charge in [0.25, 0.3) is 0 Å². The highest BCUT2D eigenvalue weighted by atomic mass is 16.6. The molecule has 3 heteroatoms. The molecule has 0 aromatic carbocycles. The minimum Gasteiger partial charge on any atom is -0.379 e. The van der Waals surface area contributed by atoms with Gasteiger partial charge in [-0.05, 0) is 20.3 Å². The first-order chi connectivity index (χ1) is 6.19. The van der Waals surface area contributed by atoms with Crippen molar-refractivity contribution in [1.29, 1.82) is 0 Å². The van der Waals surface area contributed by atoms with E-state index in [9.17, 15) is 0 Å². The predicted octanol–water partition coefficient (Wildman–Crippen LogP) is 1.61. The fourth-order valence-electron chi connectivity index (χ4n) is 1.22. The highest BCUT2D eigenvalue weighted by Crippen LogP contribution is 2.28. The van der Waals surface area contributed by atoms with Crippen LogP contribution in [0.1, 0.15) is 27.2 Å². The predicted molar refractivity (Wildman–Crippen MR) is 50.9 cm³/mol. The summed E-state index contributed by atoms with van der Waals surface area (Å²) in [5, 5.41) is 0. The van der Waals surface area contributed by atoms with E-state index in [0.717, 1.165) is 13.0 Å². The molecular weight excluding hydrogens is 168 g/mol. The van der Waals surface area contributed by atoms with Crippen LogP contribution in [0.5, 0.6) is 0 Å². The Bertz CT molecular complexity index is 149. The minimum absolute atomic E-state index is 0.0738. The fraction of sp³-hybridized carbons (Fsp3) is 1.00. The molecule has 0 spiro atoms. The molecule has 78 valence electrons. The lowest BCUT2D eigenvalue weighted by atomic mass is 9.96. The topological polar surface area (TPSA) is 27.7 Å². The van der Waals surface area contributed by atoms with E-state index in [-0.39, 0.29) is 11.7 Å². The highest BCUT2D eigenvalue weighted by molar-refractivity contribution is 4.90. The summed E-state index contributed by atoms with van der Waals surface area (Å²) in [6, 6.07) is 0.